The molecule has 9 heteroatoms. The molecule has 0 aromatic heterocycles. The number of sulfonamides is 1. The number of nitrogens with zero attached hydrogens (tertiary/aromatic N) is 2. The van der Waals surface area contributed by atoms with Crippen molar-refractivity contribution in [1.29, 1.82) is 0 Å². The predicted octanol–water partition coefficient (Wildman–Crippen LogP) is 0.639. The number of aliphatic hydroxyl groups is 1. The minimum absolute atomic E-state index is 0.0926. The smallest absolute Gasteiger partial charge is 0.312 e. The topological polar surface area (TPSA) is 113 Å². The summed E-state index contributed by atoms with van der Waals surface area (Å²) in [5, 5.41) is 23.0. The lowest BCUT2D eigenvalue weighted by Gasteiger charge is -2.17. The van der Waals surface area contributed by atoms with Crippen LogP contribution in [0.2, 0.25) is 0 Å². The molecular weight excluding hydrogens is 298 g/mol. The fourth-order valence-electron chi connectivity index (χ4n) is 2.42. The highest BCUT2D eigenvalue weighted by molar-refractivity contribution is 7.89. The Kier molecular flexibility index (Phi) is 4.45. The van der Waals surface area contributed by atoms with Gasteiger partial charge in [-0.3, -0.25) is 10.1 Å². The molecule has 1 unspecified atom stereocenters. The maximum absolute atomic E-state index is 12.6. The van der Waals surface area contributed by atoms with Crippen molar-refractivity contribution in [3.8, 4) is 0 Å². The molecule has 1 heterocycles. The normalized spacial score (nSPS) is 19.6. The molecule has 2 N–H and O–H groups in total. The SMILES string of the molecule is CNc1cccc(S(=O)(=O)N2CCC(CO)C2)c1[N+](=O)[O-]. The lowest BCUT2D eigenvalue weighted by molar-refractivity contribution is -0.386. The van der Waals surface area contributed by atoms with Gasteiger partial charge in [0.15, 0.2) is 4.90 Å². The lowest BCUT2D eigenvalue weighted by atomic mass is 10.1. The van der Waals surface area contributed by atoms with Crippen LogP contribution in [-0.2, 0) is 10.0 Å². The zero-order valence-corrected chi connectivity index (χ0v) is 12.3. The summed E-state index contributed by atoms with van der Waals surface area (Å²) in [5.74, 6) is -0.119. The van der Waals surface area contributed by atoms with E-state index >= 15 is 0 Å². The van der Waals surface area contributed by atoms with Crippen LogP contribution >= 0.6 is 0 Å². The van der Waals surface area contributed by atoms with Gasteiger partial charge in [0.25, 0.3) is 0 Å². The van der Waals surface area contributed by atoms with E-state index < -0.39 is 20.6 Å². The second-order valence-corrected chi connectivity index (χ2v) is 6.77. The Hall–Kier alpha value is -1.71. The van der Waals surface area contributed by atoms with Crippen molar-refractivity contribution in [2.45, 2.75) is 11.3 Å². The van der Waals surface area contributed by atoms with E-state index in [4.69, 9.17) is 5.11 Å². The Balaban J connectivity index is 2.48. The molecule has 0 aliphatic carbocycles. The summed E-state index contributed by atoms with van der Waals surface area (Å²) in [4.78, 5) is 10.2. The Morgan fingerprint density at radius 2 is 2.24 bits per heavy atom. The molecule has 0 radical (unpaired) electrons. The third-order valence-electron chi connectivity index (χ3n) is 3.58. The van der Waals surface area contributed by atoms with Crippen LogP contribution in [0.4, 0.5) is 11.4 Å². The van der Waals surface area contributed by atoms with Crippen molar-refractivity contribution in [3.05, 3.63) is 28.3 Å². The molecule has 1 atom stereocenters. The average molecular weight is 315 g/mol. The van der Waals surface area contributed by atoms with E-state index in [1.165, 1.54) is 29.6 Å². The predicted molar refractivity (Wildman–Crippen MR) is 76.6 cm³/mol. The summed E-state index contributed by atoms with van der Waals surface area (Å²) in [6.07, 6.45) is 0.551. The van der Waals surface area contributed by atoms with Gasteiger partial charge >= 0.3 is 5.69 Å². The number of anilines is 1. The summed E-state index contributed by atoms with van der Waals surface area (Å²) in [6, 6.07) is 4.16. The van der Waals surface area contributed by atoms with Gasteiger partial charge in [0, 0.05) is 26.7 Å². The van der Waals surface area contributed by atoms with Gasteiger partial charge in [0.05, 0.1) is 4.92 Å². The summed E-state index contributed by atoms with van der Waals surface area (Å²) < 4.78 is 26.4. The quantitative estimate of drug-likeness (QED) is 0.609. The van der Waals surface area contributed by atoms with Crippen LogP contribution in [0.15, 0.2) is 23.1 Å². The fourth-order valence-corrected chi connectivity index (χ4v) is 4.13. The maximum Gasteiger partial charge on any atom is 0.312 e. The second kappa shape index (κ2) is 5.96. The Labute approximate surface area is 122 Å². The van der Waals surface area contributed by atoms with E-state index in [1.54, 1.807) is 0 Å². The molecule has 0 bridgehead atoms. The van der Waals surface area contributed by atoms with E-state index in [1.807, 2.05) is 0 Å². The van der Waals surface area contributed by atoms with Crippen LogP contribution in [0.5, 0.6) is 0 Å². The second-order valence-electron chi connectivity index (χ2n) is 4.86. The van der Waals surface area contributed by atoms with Gasteiger partial charge in [0.2, 0.25) is 10.0 Å². The Bertz CT molecular complexity index is 646. The number of hydrogen-bond acceptors (Lipinski definition) is 6. The minimum Gasteiger partial charge on any atom is -0.396 e. The third-order valence-corrected chi connectivity index (χ3v) is 5.47. The van der Waals surface area contributed by atoms with Crippen LogP contribution < -0.4 is 5.32 Å². The Morgan fingerprint density at radius 1 is 1.52 bits per heavy atom. The van der Waals surface area contributed by atoms with Gasteiger partial charge in [0.1, 0.15) is 5.69 Å². The molecule has 0 spiro atoms. The Morgan fingerprint density at radius 3 is 2.76 bits per heavy atom. The molecule has 1 aromatic carbocycles. The zero-order valence-electron chi connectivity index (χ0n) is 11.5. The molecule has 1 fully saturated rings. The molecule has 1 aromatic rings. The van der Waals surface area contributed by atoms with Crippen molar-refractivity contribution in [2.75, 3.05) is 32.1 Å². The first-order valence-electron chi connectivity index (χ1n) is 6.48. The first-order valence-corrected chi connectivity index (χ1v) is 7.92. The highest BCUT2D eigenvalue weighted by Crippen LogP contribution is 2.35. The van der Waals surface area contributed by atoms with Gasteiger partial charge < -0.3 is 10.4 Å². The zero-order chi connectivity index (χ0) is 15.6. The monoisotopic (exact) mass is 315 g/mol. The highest BCUT2D eigenvalue weighted by atomic mass is 32.2. The summed E-state index contributed by atoms with van der Waals surface area (Å²) in [6.45, 7) is 0.346. The average Bonchev–Trinajstić information content (AvgIpc) is 2.95. The standard InChI is InChI=1S/C12H17N3O5S/c1-13-10-3-2-4-11(12(10)15(17)18)21(19,20)14-6-5-9(7-14)8-16/h2-4,9,13,16H,5-8H2,1H3. The largest absolute Gasteiger partial charge is 0.396 e. The molecule has 1 aliphatic heterocycles. The van der Waals surface area contributed by atoms with E-state index in [0.717, 1.165) is 0 Å². The van der Waals surface area contributed by atoms with Crippen molar-refractivity contribution < 1.29 is 18.4 Å². The summed E-state index contributed by atoms with van der Waals surface area (Å²) in [5.41, 5.74) is -0.300. The van der Waals surface area contributed by atoms with Gasteiger partial charge in [-0.2, -0.15) is 4.31 Å². The third kappa shape index (κ3) is 2.85. The number of nitrogens with one attached hydrogen (secondary N) is 1. The maximum atomic E-state index is 12.6. The van der Waals surface area contributed by atoms with Gasteiger partial charge in [-0.1, -0.05) is 6.07 Å². The highest BCUT2D eigenvalue weighted by Gasteiger charge is 2.37. The fraction of sp³-hybridized carbons (Fsp3) is 0.500. The van der Waals surface area contributed by atoms with Gasteiger partial charge in [-0.15, -0.1) is 0 Å². The van der Waals surface area contributed by atoms with Crippen molar-refractivity contribution >= 4 is 21.4 Å². The summed E-state index contributed by atoms with van der Waals surface area (Å²) in [7, 11) is -2.45. The van der Waals surface area contributed by atoms with Gasteiger partial charge in [-0.25, -0.2) is 8.42 Å². The molecule has 1 aliphatic rings. The molecule has 2 rings (SSSR count). The number of nitro benzene ring substituents is 1. The van der Waals surface area contributed by atoms with Crippen LogP contribution in [0.1, 0.15) is 6.42 Å². The van der Waals surface area contributed by atoms with Crippen LogP contribution in [0.25, 0.3) is 0 Å². The van der Waals surface area contributed by atoms with Gasteiger partial charge in [-0.05, 0) is 24.5 Å². The number of aliphatic hydroxyl groups excluding tert-OH is 1. The van der Waals surface area contributed by atoms with E-state index in [0.29, 0.717) is 6.42 Å². The minimum atomic E-state index is -3.95. The number of benzene rings is 1. The van der Waals surface area contributed by atoms with Crippen molar-refractivity contribution in [1.82, 2.24) is 4.31 Å². The van der Waals surface area contributed by atoms with Crippen LogP contribution in [0, 0.1) is 16.0 Å². The van der Waals surface area contributed by atoms with E-state index in [9.17, 15) is 18.5 Å². The number of para-hydroxylation sites is 1. The van der Waals surface area contributed by atoms with E-state index in [2.05, 4.69) is 5.32 Å². The molecule has 21 heavy (non-hydrogen) atoms. The molecule has 8 nitrogen and oxygen atoms in total. The van der Waals surface area contributed by atoms with Crippen molar-refractivity contribution in [2.24, 2.45) is 5.92 Å². The number of nitro groups is 1. The molecule has 1 saturated heterocycles. The van der Waals surface area contributed by atoms with Crippen molar-refractivity contribution in [3.63, 3.8) is 0 Å². The molecule has 0 amide bonds. The first kappa shape index (κ1) is 15.7. The molecular formula is C12H17N3O5S. The van der Waals surface area contributed by atoms with Crippen LogP contribution in [0.3, 0.4) is 0 Å². The lowest BCUT2D eigenvalue weighted by Crippen LogP contribution is -2.30. The molecule has 116 valence electrons. The number of hydrogen-bond donors (Lipinski definition) is 2. The first-order chi connectivity index (χ1) is 9.91. The molecule has 0 saturated carbocycles. The van der Waals surface area contributed by atoms with E-state index in [-0.39, 0.29) is 36.2 Å². The van der Waals surface area contributed by atoms with Crippen LogP contribution in [-0.4, -0.2) is 49.5 Å². The summed E-state index contributed by atoms with van der Waals surface area (Å²) >= 11 is 0. The number of rotatable bonds is 5.